The van der Waals surface area contributed by atoms with Gasteiger partial charge in [0.25, 0.3) is 0 Å². The van der Waals surface area contributed by atoms with Gasteiger partial charge < -0.3 is 30.1 Å². The van der Waals surface area contributed by atoms with Crippen LogP contribution in [0.5, 0.6) is 5.75 Å². The number of hydrogen-bond donors (Lipinski definition) is 3. The van der Waals surface area contributed by atoms with Gasteiger partial charge in [0.15, 0.2) is 17.4 Å². The molecule has 47 heavy (non-hydrogen) atoms. The Bertz CT molecular complexity index is 1430. The van der Waals surface area contributed by atoms with Gasteiger partial charge in [-0.3, -0.25) is 19.2 Å². The fourth-order valence-electron chi connectivity index (χ4n) is 4.96. The number of piperidine rings is 1. The number of aliphatic hydroxyl groups is 1. The minimum Gasteiger partial charge on any atom is -0.485 e. The molecule has 1 aliphatic heterocycles. The first-order valence-corrected chi connectivity index (χ1v) is 15.3. The number of anilines is 1. The zero-order valence-corrected chi connectivity index (χ0v) is 27.0. The summed E-state index contributed by atoms with van der Waals surface area (Å²) in [4.78, 5) is 52.7. The molecule has 1 fully saturated rings. The van der Waals surface area contributed by atoms with Crippen LogP contribution in [0.3, 0.4) is 0 Å². The van der Waals surface area contributed by atoms with E-state index in [1.165, 1.54) is 4.90 Å². The number of halogens is 4. The van der Waals surface area contributed by atoms with E-state index in [1.54, 1.807) is 26.0 Å². The molecule has 0 saturated carbocycles. The van der Waals surface area contributed by atoms with Crippen LogP contribution >= 0.6 is 0 Å². The summed E-state index contributed by atoms with van der Waals surface area (Å²) >= 11 is 0. The molecule has 3 N–H and O–H groups in total. The van der Waals surface area contributed by atoms with Crippen LogP contribution in [-0.4, -0.2) is 72.1 Å². The normalized spacial score (nSPS) is 15.2. The molecule has 1 unspecified atom stereocenters. The van der Waals surface area contributed by atoms with Crippen molar-refractivity contribution in [3.05, 3.63) is 59.2 Å². The fourth-order valence-corrected chi connectivity index (χ4v) is 4.96. The van der Waals surface area contributed by atoms with Crippen molar-refractivity contribution in [2.24, 2.45) is 11.8 Å². The number of likely N-dealkylation sites (tertiary alicyclic amines) is 1. The summed E-state index contributed by atoms with van der Waals surface area (Å²) in [6.07, 6.45) is -2.02. The number of ether oxygens (including phenoxy) is 2. The molecular weight excluding hydrogens is 626 g/mol. The van der Waals surface area contributed by atoms with Crippen molar-refractivity contribution < 1.29 is 51.3 Å². The SMILES string of the molecule is CC(C)COC(=O)C[C@H](NC(=O)C1CCN(C(=O)C(=O)Nc2ccccc2C(C)(C)C)CC1)C(O)COc1c(F)c(F)cc(F)c1F. The first kappa shape index (κ1) is 37.3. The molecule has 1 heterocycles. The Hall–Kier alpha value is -4.20. The molecule has 3 rings (SSSR count). The summed E-state index contributed by atoms with van der Waals surface area (Å²) in [5, 5.41) is 16.0. The molecule has 3 amide bonds. The van der Waals surface area contributed by atoms with Crippen molar-refractivity contribution in [1.29, 1.82) is 0 Å². The van der Waals surface area contributed by atoms with E-state index >= 15 is 0 Å². The molecule has 0 aromatic heterocycles. The topological polar surface area (TPSA) is 134 Å². The Morgan fingerprint density at radius 1 is 0.979 bits per heavy atom. The van der Waals surface area contributed by atoms with Crippen LogP contribution in [0, 0.1) is 35.1 Å². The molecule has 14 heteroatoms. The first-order chi connectivity index (χ1) is 22.0. The van der Waals surface area contributed by atoms with Crippen LogP contribution < -0.4 is 15.4 Å². The molecule has 10 nitrogen and oxygen atoms in total. The van der Waals surface area contributed by atoms with Crippen LogP contribution in [0.25, 0.3) is 0 Å². The smallest absolute Gasteiger partial charge is 0.313 e. The third kappa shape index (κ3) is 10.1. The highest BCUT2D eigenvalue weighted by Crippen LogP contribution is 2.30. The zero-order valence-electron chi connectivity index (χ0n) is 27.0. The lowest BCUT2D eigenvalue weighted by Gasteiger charge is -2.32. The number of carbonyl (C=O) groups excluding carboxylic acids is 4. The molecule has 2 atom stereocenters. The van der Waals surface area contributed by atoms with Gasteiger partial charge in [-0.1, -0.05) is 52.8 Å². The fraction of sp³-hybridized carbons (Fsp3) is 0.515. The lowest BCUT2D eigenvalue weighted by atomic mass is 9.86. The van der Waals surface area contributed by atoms with Crippen molar-refractivity contribution in [3.8, 4) is 5.75 Å². The Morgan fingerprint density at radius 2 is 1.57 bits per heavy atom. The highest BCUT2D eigenvalue weighted by molar-refractivity contribution is 6.39. The minimum atomic E-state index is -1.82. The van der Waals surface area contributed by atoms with Crippen LogP contribution in [0.1, 0.15) is 59.4 Å². The number of amides is 3. The van der Waals surface area contributed by atoms with Crippen molar-refractivity contribution in [3.63, 3.8) is 0 Å². The number of rotatable bonds is 11. The Kier molecular flexibility index (Phi) is 12.7. The van der Waals surface area contributed by atoms with E-state index < -0.39 is 83.8 Å². The first-order valence-electron chi connectivity index (χ1n) is 15.3. The molecule has 2 aromatic rings. The zero-order chi connectivity index (χ0) is 35.1. The number of benzene rings is 2. The van der Waals surface area contributed by atoms with Gasteiger partial charge in [-0.2, -0.15) is 8.78 Å². The van der Waals surface area contributed by atoms with E-state index in [-0.39, 0.29) is 49.9 Å². The van der Waals surface area contributed by atoms with E-state index in [0.29, 0.717) is 5.69 Å². The molecule has 1 aliphatic rings. The van der Waals surface area contributed by atoms with E-state index in [1.807, 2.05) is 32.9 Å². The molecule has 0 spiro atoms. The number of para-hydroxylation sites is 1. The quantitative estimate of drug-likeness (QED) is 0.141. The van der Waals surface area contributed by atoms with Gasteiger partial charge in [-0.15, -0.1) is 0 Å². The standard InChI is InChI=1S/C33H41F4N3O7/c1-18(2)16-46-26(42)15-24(25(41)17-47-29-27(36)21(34)14-22(35)28(29)37)39-30(43)19-10-12-40(13-11-19)32(45)31(44)38-23-9-7-6-8-20(23)33(3,4)5/h6-9,14,18-19,24-25,41H,10-13,15-17H2,1-5H3,(H,38,44)(H,39,43)/t24-,25?/m0/s1. The van der Waals surface area contributed by atoms with Gasteiger partial charge in [0.2, 0.25) is 17.5 Å². The van der Waals surface area contributed by atoms with Crippen molar-refractivity contribution >= 4 is 29.4 Å². The third-order valence-electron chi connectivity index (χ3n) is 7.56. The summed E-state index contributed by atoms with van der Waals surface area (Å²) in [5.41, 5.74) is 1.08. The second-order valence-corrected chi connectivity index (χ2v) is 12.9. The van der Waals surface area contributed by atoms with Gasteiger partial charge in [0.05, 0.1) is 19.1 Å². The average Bonchev–Trinajstić information content (AvgIpc) is 3.01. The molecule has 0 radical (unpaired) electrons. The van der Waals surface area contributed by atoms with E-state index in [4.69, 9.17) is 9.47 Å². The lowest BCUT2D eigenvalue weighted by Crippen LogP contribution is -2.51. The summed E-state index contributed by atoms with van der Waals surface area (Å²) in [6.45, 7) is 8.77. The maximum atomic E-state index is 14.1. The largest absolute Gasteiger partial charge is 0.485 e. The number of carbonyl (C=O) groups is 4. The molecule has 0 aliphatic carbocycles. The van der Waals surface area contributed by atoms with Gasteiger partial charge in [-0.05, 0) is 35.8 Å². The summed E-state index contributed by atoms with van der Waals surface area (Å²) < 4.78 is 65.3. The monoisotopic (exact) mass is 667 g/mol. The maximum absolute atomic E-state index is 14.1. The Balaban J connectivity index is 1.63. The van der Waals surface area contributed by atoms with Gasteiger partial charge in [0.1, 0.15) is 12.7 Å². The number of esters is 1. The Labute approximate surface area is 270 Å². The second kappa shape index (κ2) is 16.1. The number of nitrogens with one attached hydrogen (secondary N) is 2. The lowest BCUT2D eigenvalue weighted by molar-refractivity contribution is -0.147. The number of hydrogen-bond acceptors (Lipinski definition) is 7. The van der Waals surface area contributed by atoms with Crippen LogP contribution in [0.2, 0.25) is 0 Å². The number of nitrogens with zero attached hydrogens (tertiary/aromatic N) is 1. The molecule has 2 aromatic carbocycles. The highest BCUT2D eigenvalue weighted by atomic mass is 19.2. The van der Waals surface area contributed by atoms with Crippen LogP contribution in [0.4, 0.5) is 23.2 Å². The van der Waals surface area contributed by atoms with E-state index in [0.717, 1.165) is 5.56 Å². The van der Waals surface area contributed by atoms with Gasteiger partial charge in [0, 0.05) is 30.8 Å². The maximum Gasteiger partial charge on any atom is 0.313 e. The van der Waals surface area contributed by atoms with E-state index in [2.05, 4.69) is 10.6 Å². The molecular formula is C33H41F4N3O7. The Morgan fingerprint density at radius 3 is 2.15 bits per heavy atom. The molecule has 0 bridgehead atoms. The van der Waals surface area contributed by atoms with E-state index in [9.17, 15) is 41.8 Å². The van der Waals surface area contributed by atoms with Crippen LogP contribution in [0.15, 0.2) is 30.3 Å². The van der Waals surface area contributed by atoms with Crippen molar-refractivity contribution in [2.75, 3.05) is 31.6 Å². The summed E-state index contributed by atoms with van der Waals surface area (Å²) in [5.74, 6) is -12.2. The summed E-state index contributed by atoms with van der Waals surface area (Å²) in [6, 6.07) is 5.78. The average molecular weight is 668 g/mol. The predicted octanol–water partition coefficient (Wildman–Crippen LogP) is 4.23. The predicted molar refractivity (Wildman–Crippen MR) is 163 cm³/mol. The highest BCUT2D eigenvalue weighted by Gasteiger charge is 2.34. The van der Waals surface area contributed by atoms with Crippen molar-refractivity contribution in [1.82, 2.24) is 10.2 Å². The van der Waals surface area contributed by atoms with Gasteiger partial charge >= 0.3 is 17.8 Å². The van der Waals surface area contributed by atoms with Crippen molar-refractivity contribution in [2.45, 2.75) is 71.4 Å². The van der Waals surface area contributed by atoms with Crippen LogP contribution in [-0.2, 0) is 29.3 Å². The minimum absolute atomic E-state index is 0.000886. The third-order valence-corrected chi connectivity index (χ3v) is 7.56. The number of aliphatic hydroxyl groups excluding tert-OH is 1. The van der Waals surface area contributed by atoms with Gasteiger partial charge in [-0.25, -0.2) is 8.78 Å². The molecule has 1 saturated heterocycles. The molecule has 258 valence electrons. The second-order valence-electron chi connectivity index (χ2n) is 12.9. The summed E-state index contributed by atoms with van der Waals surface area (Å²) in [7, 11) is 0.